The molecule has 1 spiro atoms. The van der Waals surface area contributed by atoms with Crippen molar-refractivity contribution in [2.75, 3.05) is 12.3 Å². The number of imide groups is 1. The molecule has 12 nitrogen and oxygen atoms in total. The van der Waals surface area contributed by atoms with Crippen LogP contribution in [0.1, 0.15) is 43.0 Å². The molecule has 4 N–H and O–H groups in total. The van der Waals surface area contributed by atoms with E-state index in [-0.39, 0.29) is 16.9 Å². The monoisotopic (exact) mass is 419 g/mol. The first-order valence-electron chi connectivity index (χ1n) is 9.30. The molecule has 1 saturated carbocycles. The number of non-ortho nitro benzene ring substituents is 1. The molecule has 12 heteroatoms. The number of esters is 1. The number of nitrogens with two attached hydrogens (primary N) is 1. The first-order chi connectivity index (χ1) is 14.1. The van der Waals surface area contributed by atoms with Gasteiger partial charge in [0.05, 0.1) is 10.5 Å². The molecule has 1 heterocycles. The molecule has 1 aliphatic carbocycles. The van der Waals surface area contributed by atoms with E-state index in [9.17, 15) is 29.3 Å². The van der Waals surface area contributed by atoms with Crippen molar-refractivity contribution in [1.29, 1.82) is 0 Å². The molecule has 1 aromatic rings. The summed E-state index contributed by atoms with van der Waals surface area (Å²) in [5.41, 5.74) is 6.02. The van der Waals surface area contributed by atoms with E-state index in [1.54, 1.807) is 0 Å². The number of carbonyl (C=O) groups is 4. The molecule has 30 heavy (non-hydrogen) atoms. The topological polar surface area (TPSA) is 174 Å². The predicted molar refractivity (Wildman–Crippen MR) is 102 cm³/mol. The van der Waals surface area contributed by atoms with Gasteiger partial charge in [-0.1, -0.05) is 6.92 Å². The van der Waals surface area contributed by atoms with Crippen molar-refractivity contribution < 1.29 is 28.8 Å². The summed E-state index contributed by atoms with van der Waals surface area (Å²) in [7, 11) is 0. The summed E-state index contributed by atoms with van der Waals surface area (Å²) in [4.78, 5) is 59.2. The molecule has 3 rings (SSSR count). The van der Waals surface area contributed by atoms with E-state index < -0.39 is 40.9 Å². The normalized spacial score (nSPS) is 23.2. The van der Waals surface area contributed by atoms with Gasteiger partial charge < -0.3 is 15.8 Å². The van der Waals surface area contributed by atoms with Crippen molar-refractivity contribution in [2.45, 2.75) is 38.1 Å². The van der Waals surface area contributed by atoms with Crippen LogP contribution in [0.15, 0.2) is 18.2 Å². The van der Waals surface area contributed by atoms with E-state index in [1.807, 2.05) is 0 Å². The molecule has 0 bridgehead atoms. The van der Waals surface area contributed by atoms with Crippen molar-refractivity contribution in [2.24, 2.45) is 5.92 Å². The lowest BCUT2D eigenvalue weighted by Crippen LogP contribution is -2.52. The zero-order valence-corrected chi connectivity index (χ0v) is 16.2. The van der Waals surface area contributed by atoms with E-state index in [0.717, 1.165) is 25.0 Å². The first-order valence-corrected chi connectivity index (χ1v) is 9.30. The molecular weight excluding hydrogens is 398 g/mol. The molecule has 4 amide bonds. The summed E-state index contributed by atoms with van der Waals surface area (Å²) in [5.74, 6) is -2.08. The van der Waals surface area contributed by atoms with E-state index in [0.29, 0.717) is 23.8 Å². The Kier molecular flexibility index (Phi) is 5.58. The second-order valence-corrected chi connectivity index (χ2v) is 7.48. The Morgan fingerprint density at radius 2 is 2.03 bits per heavy atom. The highest BCUT2D eigenvalue weighted by molar-refractivity contribution is 6.08. The summed E-state index contributed by atoms with van der Waals surface area (Å²) in [6.45, 7) is 1.25. The smallest absolute Gasteiger partial charge is 0.344 e. The summed E-state index contributed by atoms with van der Waals surface area (Å²) in [6.07, 6.45) is 2.50. The zero-order valence-electron chi connectivity index (χ0n) is 16.2. The molecular formula is C18H21N5O7. The third kappa shape index (κ3) is 4.02. The molecule has 160 valence electrons. The Bertz CT molecular complexity index is 924. The second-order valence-electron chi connectivity index (χ2n) is 7.48. The number of urea groups is 1. The standard InChI is InChI=1S/C18H21N5O7/c1-10-4-6-18(7-5-10)16(26)22(17(27)20-18)21-14(24)9-30-15(25)12-8-11(23(28)29)2-3-13(12)19/h2-3,8,10H,4-7,9,19H2,1H3,(H,20,27)(H,21,24). The number of hydrogen-bond acceptors (Lipinski definition) is 8. The highest BCUT2D eigenvalue weighted by Gasteiger charge is 2.52. The predicted octanol–water partition coefficient (Wildman–Crippen LogP) is 0.866. The van der Waals surface area contributed by atoms with Crippen LogP contribution in [0.4, 0.5) is 16.2 Å². The number of anilines is 1. The number of nitrogens with zero attached hydrogens (tertiary/aromatic N) is 2. The number of nitro groups is 1. The number of carbonyl (C=O) groups excluding carboxylic acids is 4. The van der Waals surface area contributed by atoms with Crippen LogP contribution in [0.3, 0.4) is 0 Å². The minimum Gasteiger partial charge on any atom is -0.452 e. The van der Waals surface area contributed by atoms with Gasteiger partial charge in [-0.05, 0) is 37.7 Å². The Balaban J connectivity index is 1.59. The van der Waals surface area contributed by atoms with Crippen molar-refractivity contribution in [3.05, 3.63) is 33.9 Å². The highest BCUT2D eigenvalue weighted by Crippen LogP contribution is 2.35. The maximum Gasteiger partial charge on any atom is 0.344 e. The fourth-order valence-corrected chi connectivity index (χ4v) is 3.52. The van der Waals surface area contributed by atoms with Crippen molar-refractivity contribution in [3.8, 4) is 0 Å². The van der Waals surface area contributed by atoms with Crippen LogP contribution in [0, 0.1) is 16.0 Å². The van der Waals surface area contributed by atoms with Gasteiger partial charge >= 0.3 is 12.0 Å². The number of benzene rings is 1. The largest absolute Gasteiger partial charge is 0.452 e. The summed E-state index contributed by atoms with van der Waals surface area (Å²) < 4.78 is 4.81. The van der Waals surface area contributed by atoms with Crippen molar-refractivity contribution in [3.63, 3.8) is 0 Å². The molecule has 2 aliphatic rings. The number of ether oxygens (including phenoxy) is 1. The molecule has 0 radical (unpaired) electrons. The van der Waals surface area contributed by atoms with Crippen LogP contribution in [0.25, 0.3) is 0 Å². The minimum atomic E-state index is -1.05. The molecule has 1 saturated heterocycles. The van der Waals surface area contributed by atoms with E-state index in [4.69, 9.17) is 10.5 Å². The quantitative estimate of drug-likeness (QED) is 0.207. The zero-order chi connectivity index (χ0) is 22.1. The van der Waals surface area contributed by atoms with Gasteiger partial charge in [0.15, 0.2) is 6.61 Å². The van der Waals surface area contributed by atoms with Gasteiger partial charge in [0, 0.05) is 17.8 Å². The van der Waals surface area contributed by atoms with Gasteiger partial charge in [-0.25, -0.2) is 9.59 Å². The third-order valence-electron chi connectivity index (χ3n) is 5.33. The minimum absolute atomic E-state index is 0.0615. The Morgan fingerprint density at radius 3 is 2.67 bits per heavy atom. The average Bonchev–Trinajstić information content (AvgIpc) is 2.93. The van der Waals surface area contributed by atoms with Crippen LogP contribution >= 0.6 is 0 Å². The number of nitrogens with one attached hydrogen (secondary N) is 2. The Hall–Kier alpha value is -3.70. The van der Waals surface area contributed by atoms with Gasteiger partial charge in [-0.15, -0.1) is 0 Å². The number of hydrazine groups is 1. The van der Waals surface area contributed by atoms with E-state index >= 15 is 0 Å². The van der Waals surface area contributed by atoms with E-state index in [1.165, 1.54) is 6.07 Å². The fourth-order valence-electron chi connectivity index (χ4n) is 3.52. The Morgan fingerprint density at radius 1 is 1.37 bits per heavy atom. The molecule has 0 aromatic heterocycles. The maximum atomic E-state index is 12.7. The first kappa shape index (κ1) is 21.0. The molecule has 2 fully saturated rings. The summed E-state index contributed by atoms with van der Waals surface area (Å²) >= 11 is 0. The molecule has 0 atom stereocenters. The van der Waals surface area contributed by atoms with Gasteiger partial charge in [0.2, 0.25) is 0 Å². The SMILES string of the molecule is CC1CCC2(CC1)NC(=O)N(NC(=O)COC(=O)c1cc([N+](=O)[O-])ccc1N)C2=O. The number of hydrogen-bond donors (Lipinski definition) is 3. The molecule has 0 unspecified atom stereocenters. The van der Waals surface area contributed by atoms with Crippen LogP contribution in [0.2, 0.25) is 0 Å². The number of nitrogen functional groups attached to an aromatic ring is 1. The lowest BCUT2D eigenvalue weighted by molar-refractivity contribution is -0.384. The molecule has 1 aliphatic heterocycles. The number of nitro benzene ring substituents is 1. The van der Waals surface area contributed by atoms with Crippen molar-refractivity contribution >= 4 is 35.2 Å². The van der Waals surface area contributed by atoms with Crippen LogP contribution in [0.5, 0.6) is 0 Å². The second kappa shape index (κ2) is 7.97. The fraction of sp³-hybridized carbons (Fsp3) is 0.444. The number of amides is 4. The van der Waals surface area contributed by atoms with Crippen molar-refractivity contribution in [1.82, 2.24) is 15.8 Å². The lowest BCUT2D eigenvalue weighted by Gasteiger charge is -2.33. The van der Waals surface area contributed by atoms with Gasteiger partial charge in [0.1, 0.15) is 5.54 Å². The highest BCUT2D eigenvalue weighted by atomic mass is 16.6. The van der Waals surface area contributed by atoms with Gasteiger partial charge in [-0.2, -0.15) is 5.01 Å². The third-order valence-corrected chi connectivity index (χ3v) is 5.33. The van der Waals surface area contributed by atoms with Gasteiger partial charge in [-0.3, -0.25) is 25.1 Å². The maximum absolute atomic E-state index is 12.7. The molecule has 1 aromatic carbocycles. The van der Waals surface area contributed by atoms with Crippen LogP contribution < -0.4 is 16.5 Å². The lowest BCUT2D eigenvalue weighted by atomic mass is 9.77. The van der Waals surface area contributed by atoms with Gasteiger partial charge in [0.25, 0.3) is 17.5 Å². The number of rotatable bonds is 5. The Labute approximate surface area is 170 Å². The van der Waals surface area contributed by atoms with Crippen LogP contribution in [-0.2, 0) is 14.3 Å². The average molecular weight is 419 g/mol. The van der Waals surface area contributed by atoms with E-state index in [2.05, 4.69) is 17.7 Å². The summed E-state index contributed by atoms with van der Waals surface area (Å²) in [5, 5.41) is 14.1. The summed E-state index contributed by atoms with van der Waals surface area (Å²) in [6, 6.07) is 2.48. The van der Waals surface area contributed by atoms with Crippen LogP contribution in [-0.4, -0.2) is 45.9 Å².